The van der Waals surface area contributed by atoms with Crippen molar-refractivity contribution in [1.82, 2.24) is 30.2 Å². The number of rotatable bonds is 2. The van der Waals surface area contributed by atoms with Crippen LogP contribution < -0.4 is 9.80 Å². The van der Waals surface area contributed by atoms with Gasteiger partial charge in [0.05, 0.1) is 0 Å². The van der Waals surface area contributed by atoms with Crippen molar-refractivity contribution in [2.45, 2.75) is 0 Å². The molecule has 3 aromatic rings. The van der Waals surface area contributed by atoms with Crippen molar-refractivity contribution in [2.75, 3.05) is 36.0 Å². The predicted molar refractivity (Wildman–Crippen MR) is 84.9 cm³/mol. The first-order valence-electron chi connectivity index (χ1n) is 6.96. The summed E-state index contributed by atoms with van der Waals surface area (Å²) in [5.41, 5.74) is 0.654. The van der Waals surface area contributed by atoms with Gasteiger partial charge in [-0.3, -0.25) is 0 Å². The van der Waals surface area contributed by atoms with Crippen LogP contribution in [0.15, 0.2) is 34.9 Å². The zero-order valence-corrected chi connectivity index (χ0v) is 13.3. The van der Waals surface area contributed by atoms with E-state index >= 15 is 0 Å². The van der Waals surface area contributed by atoms with Crippen LogP contribution in [-0.2, 0) is 0 Å². The Morgan fingerprint density at radius 1 is 0.909 bits per heavy atom. The average molecular weight is 361 g/mol. The Morgan fingerprint density at radius 2 is 1.64 bits per heavy atom. The molecule has 3 aromatic heterocycles. The first-order chi connectivity index (χ1) is 10.8. The first-order valence-corrected chi connectivity index (χ1v) is 7.76. The number of piperazine rings is 1. The van der Waals surface area contributed by atoms with Crippen LogP contribution >= 0.6 is 15.9 Å². The molecule has 1 fully saturated rings. The lowest BCUT2D eigenvalue weighted by Gasteiger charge is -2.35. The van der Waals surface area contributed by atoms with Gasteiger partial charge in [0.1, 0.15) is 5.82 Å². The van der Waals surface area contributed by atoms with E-state index in [2.05, 4.69) is 51.3 Å². The molecule has 0 N–H and O–H groups in total. The van der Waals surface area contributed by atoms with E-state index in [1.54, 1.807) is 0 Å². The van der Waals surface area contributed by atoms with Crippen LogP contribution in [0.25, 0.3) is 5.65 Å². The van der Waals surface area contributed by atoms with Gasteiger partial charge in [-0.1, -0.05) is 0 Å². The predicted octanol–water partition coefficient (Wildman–Crippen LogP) is 1.00. The molecule has 9 heteroatoms. The highest BCUT2D eigenvalue weighted by atomic mass is 79.9. The van der Waals surface area contributed by atoms with Crippen LogP contribution in [0.4, 0.5) is 11.6 Å². The van der Waals surface area contributed by atoms with Gasteiger partial charge in [-0.15, -0.1) is 14.8 Å². The number of fused-ring (bicyclic) bond motifs is 1. The molecule has 1 aliphatic heterocycles. The van der Waals surface area contributed by atoms with Crippen LogP contribution in [0, 0.1) is 0 Å². The summed E-state index contributed by atoms with van der Waals surface area (Å²) in [4.78, 5) is 8.96. The maximum absolute atomic E-state index is 4.45. The van der Waals surface area contributed by atoms with Gasteiger partial charge in [0, 0.05) is 36.8 Å². The maximum atomic E-state index is 4.45. The normalized spacial score (nSPS) is 15.5. The van der Waals surface area contributed by atoms with E-state index in [-0.39, 0.29) is 0 Å². The van der Waals surface area contributed by atoms with Gasteiger partial charge in [-0.05, 0) is 50.6 Å². The molecule has 4 rings (SSSR count). The van der Waals surface area contributed by atoms with Gasteiger partial charge >= 0.3 is 0 Å². The summed E-state index contributed by atoms with van der Waals surface area (Å²) in [5, 5.41) is 15.7. The molecule has 0 spiro atoms. The molecule has 0 amide bonds. The number of nitrogens with zero attached hydrogens (tertiary/aromatic N) is 8. The monoisotopic (exact) mass is 360 g/mol. The Kier molecular flexibility index (Phi) is 3.34. The third-order valence-corrected chi connectivity index (χ3v) is 4.16. The third kappa shape index (κ3) is 2.47. The summed E-state index contributed by atoms with van der Waals surface area (Å²) in [6, 6.07) is 7.89. The molecule has 0 aromatic carbocycles. The van der Waals surface area contributed by atoms with E-state index in [1.807, 2.05) is 30.5 Å². The minimum Gasteiger partial charge on any atom is -0.353 e. The molecule has 4 heterocycles. The quantitative estimate of drug-likeness (QED) is 0.674. The van der Waals surface area contributed by atoms with Crippen LogP contribution in [-0.4, -0.2) is 56.4 Å². The zero-order chi connectivity index (χ0) is 14.9. The molecule has 22 heavy (non-hydrogen) atoms. The Hall–Kier alpha value is -2.29. The smallest absolute Gasteiger partial charge is 0.200 e. The summed E-state index contributed by atoms with van der Waals surface area (Å²) >= 11 is 3.41. The second-order valence-corrected chi connectivity index (χ2v) is 5.94. The van der Waals surface area contributed by atoms with Gasteiger partial charge in [-0.2, -0.15) is 0 Å². The fraction of sp³-hybridized carbons (Fsp3) is 0.308. The Balaban J connectivity index is 1.47. The van der Waals surface area contributed by atoms with Crippen molar-refractivity contribution >= 4 is 33.2 Å². The van der Waals surface area contributed by atoms with E-state index in [1.165, 1.54) is 4.63 Å². The van der Waals surface area contributed by atoms with Crippen molar-refractivity contribution < 1.29 is 0 Å². The van der Waals surface area contributed by atoms with Gasteiger partial charge in [0.25, 0.3) is 0 Å². The standard InChI is InChI=1S/C13H13BrN8/c14-10-1-2-11(15-9-10)20-5-7-21(8-6-20)13-4-3-12-16-18-19-22(12)17-13/h1-4,9H,5-8H2. The average Bonchev–Trinajstić information content (AvgIpc) is 3.03. The molecule has 1 saturated heterocycles. The van der Waals surface area contributed by atoms with Crippen molar-refractivity contribution in [3.63, 3.8) is 0 Å². The number of pyridine rings is 1. The summed E-state index contributed by atoms with van der Waals surface area (Å²) < 4.78 is 2.45. The van der Waals surface area contributed by atoms with Crippen LogP contribution in [0.5, 0.6) is 0 Å². The van der Waals surface area contributed by atoms with Gasteiger partial charge in [0.2, 0.25) is 0 Å². The number of tetrazole rings is 1. The number of anilines is 2. The lowest BCUT2D eigenvalue weighted by molar-refractivity contribution is 0.628. The van der Waals surface area contributed by atoms with Crippen molar-refractivity contribution in [3.05, 3.63) is 34.9 Å². The summed E-state index contributed by atoms with van der Waals surface area (Å²) in [5.74, 6) is 1.90. The largest absolute Gasteiger partial charge is 0.353 e. The number of hydrogen-bond donors (Lipinski definition) is 0. The number of hydrogen-bond acceptors (Lipinski definition) is 7. The Bertz CT molecular complexity index is 778. The fourth-order valence-corrected chi connectivity index (χ4v) is 2.76. The van der Waals surface area contributed by atoms with E-state index in [0.29, 0.717) is 5.65 Å². The molecule has 8 nitrogen and oxygen atoms in total. The molecule has 0 unspecified atom stereocenters. The SMILES string of the molecule is Brc1ccc(N2CCN(c3ccc4nnnn4n3)CC2)nc1. The Morgan fingerprint density at radius 3 is 2.36 bits per heavy atom. The Labute approximate surface area is 134 Å². The lowest BCUT2D eigenvalue weighted by atomic mass is 10.3. The minimum atomic E-state index is 0.654. The van der Waals surface area contributed by atoms with Gasteiger partial charge in [0.15, 0.2) is 11.5 Å². The summed E-state index contributed by atoms with van der Waals surface area (Å²) in [6.45, 7) is 3.59. The van der Waals surface area contributed by atoms with Crippen LogP contribution in [0.3, 0.4) is 0 Å². The number of halogens is 1. The van der Waals surface area contributed by atoms with E-state index in [0.717, 1.165) is 42.3 Å². The zero-order valence-electron chi connectivity index (χ0n) is 11.7. The van der Waals surface area contributed by atoms with Crippen molar-refractivity contribution in [1.29, 1.82) is 0 Å². The summed E-state index contributed by atoms with van der Waals surface area (Å²) in [6.07, 6.45) is 1.83. The second kappa shape index (κ2) is 5.48. The highest BCUT2D eigenvalue weighted by Crippen LogP contribution is 2.19. The molecule has 112 valence electrons. The minimum absolute atomic E-state index is 0.654. The highest BCUT2D eigenvalue weighted by Gasteiger charge is 2.19. The molecule has 0 atom stereocenters. The lowest BCUT2D eigenvalue weighted by Crippen LogP contribution is -2.47. The molecule has 0 saturated carbocycles. The molecular weight excluding hydrogens is 348 g/mol. The molecule has 0 radical (unpaired) electrons. The molecule has 0 aliphatic carbocycles. The second-order valence-electron chi connectivity index (χ2n) is 5.03. The van der Waals surface area contributed by atoms with Crippen molar-refractivity contribution in [3.8, 4) is 0 Å². The van der Waals surface area contributed by atoms with E-state index < -0.39 is 0 Å². The van der Waals surface area contributed by atoms with Gasteiger partial charge < -0.3 is 9.80 Å². The van der Waals surface area contributed by atoms with E-state index in [9.17, 15) is 0 Å². The number of aromatic nitrogens is 6. The molecule has 0 bridgehead atoms. The first kappa shape index (κ1) is 13.4. The third-order valence-electron chi connectivity index (χ3n) is 3.69. The molecule has 1 aliphatic rings. The highest BCUT2D eigenvalue weighted by molar-refractivity contribution is 9.10. The topological polar surface area (TPSA) is 75.3 Å². The van der Waals surface area contributed by atoms with Crippen LogP contribution in [0.2, 0.25) is 0 Å². The van der Waals surface area contributed by atoms with Crippen LogP contribution in [0.1, 0.15) is 0 Å². The van der Waals surface area contributed by atoms with E-state index in [4.69, 9.17) is 0 Å². The van der Waals surface area contributed by atoms with Crippen molar-refractivity contribution in [2.24, 2.45) is 0 Å². The fourth-order valence-electron chi connectivity index (χ4n) is 2.53. The molecular formula is C13H13BrN8. The summed E-state index contributed by atoms with van der Waals surface area (Å²) in [7, 11) is 0. The van der Waals surface area contributed by atoms with Gasteiger partial charge in [-0.25, -0.2) is 4.98 Å². The maximum Gasteiger partial charge on any atom is 0.200 e.